The number of rotatable bonds is 5. The fraction of sp³-hybridized carbons (Fsp3) is 0. The van der Waals surface area contributed by atoms with E-state index in [2.05, 4.69) is 16.4 Å². The van der Waals surface area contributed by atoms with Gasteiger partial charge in [-0.3, -0.25) is 0 Å². The second-order valence-electron chi connectivity index (χ2n) is 5.55. The van der Waals surface area contributed by atoms with Crippen molar-refractivity contribution in [3.63, 3.8) is 0 Å². The largest absolute Gasteiger partial charge is 0.360 e. The van der Waals surface area contributed by atoms with E-state index in [0.717, 1.165) is 5.56 Å². The highest BCUT2D eigenvalue weighted by Crippen LogP contribution is 2.32. The van der Waals surface area contributed by atoms with E-state index >= 15 is 0 Å². The summed E-state index contributed by atoms with van der Waals surface area (Å²) in [6.45, 7) is 0. The van der Waals surface area contributed by atoms with Crippen LogP contribution in [0.4, 0.5) is 5.69 Å². The third-order valence-electron chi connectivity index (χ3n) is 3.63. The van der Waals surface area contributed by atoms with E-state index in [4.69, 9.17) is 28.3 Å². The lowest BCUT2D eigenvalue weighted by atomic mass is 10.2. The minimum absolute atomic E-state index is 0.00643. The predicted molar refractivity (Wildman–Crippen MR) is 113 cm³/mol. The van der Waals surface area contributed by atoms with Crippen LogP contribution in [0.15, 0.2) is 58.9 Å². The van der Waals surface area contributed by atoms with Gasteiger partial charge in [-0.15, -0.1) is 11.3 Å². The maximum Gasteiger partial charge on any atom is 0.238 e. The fourth-order valence-corrected chi connectivity index (χ4v) is 4.06. The Kier molecular flexibility index (Phi) is 6.03. The molecule has 2 aromatic carbocycles. The normalized spacial score (nSPS) is 11.9. The molecule has 0 aliphatic heterocycles. The summed E-state index contributed by atoms with van der Waals surface area (Å²) in [6.07, 6.45) is 1.50. The first-order valence-corrected chi connectivity index (χ1v) is 10.9. The average molecular weight is 451 g/mol. The van der Waals surface area contributed by atoms with Crippen molar-refractivity contribution in [1.29, 1.82) is 5.26 Å². The Hall–Kier alpha value is -2.41. The summed E-state index contributed by atoms with van der Waals surface area (Å²) < 4.78 is 22.6. The van der Waals surface area contributed by atoms with Gasteiger partial charge < -0.3 is 5.32 Å². The molecule has 0 fully saturated rings. The maximum absolute atomic E-state index is 11.3. The van der Waals surface area contributed by atoms with Crippen molar-refractivity contribution in [3.05, 3.63) is 69.1 Å². The molecule has 1 heterocycles. The molecule has 0 radical (unpaired) electrons. The monoisotopic (exact) mass is 450 g/mol. The maximum atomic E-state index is 11.3. The Balaban J connectivity index is 1.82. The zero-order chi connectivity index (χ0) is 20.3. The van der Waals surface area contributed by atoms with Crippen molar-refractivity contribution < 1.29 is 8.42 Å². The molecule has 0 amide bonds. The molecule has 0 bridgehead atoms. The van der Waals surface area contributed by atoms with E-state index < -0.39 is 10.0 Å². The molecule has 10 heteroatoms. The number of sulfonamides is 1. The molecule has 3 aromatic rings. The van der Waals surface area contributed by atoms with E-state index in [9.17, 15) is 13.7 Å². The van der Waals surface area contributed by atoms with Crippen LogP contribution >= 0.6 is 34.5 Å². The van der Waals surface area contributed by atoms with Gasteiger partial charge in [0.05, 0.1) is 15.6 Å². The first-order chi connectivity index (χ1) is 13.3. The van der Waals surface area contributed by atoms with Gasteiger partial charge in [-0.2, -0.15) is 5.26 Å². The van der Waals surface area contributed by atoms with Gasteiger partial charge in [0.1, 0.15) is 16.6 Å². The summed E-state index contributed by atoms with van der Waals surface area (Å²) in [5, 5.41) is 20.8. The quantitative estimate of drug-likeness (QED) is 0.545. The zero-order valence-electron chi connectivity index (χ0n) is 14.1. The number of nitrogens with one attached hydrogen (secondary N) is 1. The number of hydrogen-bond acceptors (Lipinski definition) is 6. The molecule has 142 valence electrons. The number of allylic oxidation sites excluding steroid dienone is 1. The molecule has 3 rings (SSSR count). The highest BCUT2D eigenvalue weighted by atomic mass is 35.5. The Labute approximate surface area is 175 Å². The summed E-state index contributed by atoms with van der Waals surface area (Å²) in [6, 6.07) is 13.1. The lowest BCUT2D eigenvalue weighted by Crippen LogP contribution is -2.11. The Morgan fingerprint density at radius 3 is 2.54 bits per heavy atom. The van der Waals surface area contributed by atoms with Crippen molar-refractivity contribution in [2.75, 3.05) is 5.32 Å². The van der Waals surface area contributed by atoms with Crippen LogP contribution in [0.2, 0.25) is 10.0 Å². The molecule has 1 aromatic heterocycles. The lowest BCUT2D eigenvalue weighted by Gasteiger charge is -2.03. The summed E-state index contributed by atoms with van der Waals surface area (Å²) in [4.78, 5) is 4.47. The van der Waals surface area contributed by atoms with Crippen molar-refractivity contribution in [2.24, 2.45) is 5.14 Å². The molecule has 0 aliphatic carbocycles. The van der Waals surface area contributed by atoms with Crippen LogP contribution in [0.1, 0.15) is 5.01 Å². The van der Waals surface area contributed by atoms with E-state index in [0.29, 0.717) is 32.0 Å². The standard InChI is InChI=1S/C18H12Cl2N4O2S2/c19-12-1-6-15(16(20)7-12)17-10-27-18(24-17)11(8-21)9-23-13-2-4-14(5-3-13)28(22,25)26/h1-7,9-10,23H,(H2,22,25,26). The smallest absolute Gasteiger partial charge is 0.238 e. The number of primary sulfonamides is 1. The number of thiazole rings is 1. The second kappa shape index (κ2) is 8.31. The van der Waals surface area contributed by atoms with Gasteiger partial charge in [0.25, 0.3) is 0 Å². The van der Waals surface area contributed by atoms with Crippen LogP contribution in [0.25, 0.3) is 16.8 Å². The first kappa shape index (κ1) is 20.3. The predicted octanol–water partition coefficient (Wildman–Crippen LogP) is 4.74. The van der Waals surface area contributed by atoms with Crippen LogP contribution in [0.3, 0.4) is 0 Å². The molecule has 0 saturated carbocycles. The number of anilines is 1. The molecule has 0 aliphatic rings. The Morgan fingerprint density at radius 2 is 1.93 bits per heavy atom. The van der Waals surface area contributed by atoms with Crippen LogP contribution in [0.5, 0.6) is 0 Å². The van der Waals surface area contributed by atoms with E-state index in [1.165, 1.54) is 29.7 Å². The molecule has 0 spiro atoms. The molecule has 0 saturated heterocycles. The summed E-state index contributed by atoms with van der Waals surface area (Å²) in [5.41, 5.74) is 2.27. The Morgan fingerprint density at radius 1 is 1.21 bits per heavy atom. The summed E-state index contributed by atoms with van der Waals surface area (Å²) in [7, 11) is -3.75. The van der Waals surface area contributed by atoms with Gasteiger partial charge in [0.2, 0.25) is 10.0 Å². The van der Waals surface area contributed by atoms with Gasteiger partial charge in [-0.25, -0.2) is 18.5 Å². The van der Waals surface area contributed by atoms with Crippen LogP contribution < -0.4 is 10.5 Å². The third kappa shape index (κ3) is 4.70. The molecule has 6 nitrogen and oxygen atoms in total. The minimum Gasteiger partial charge on any atom is -0.360 e. The van der Waals surface area contributed by atoms with Crippen molar-refractivity contribution >= 4 is 55.8 Å². The summed E-state index contributed by atoms with van der Waals surface area (Å²) >= 11 is 13.4. The Bertz CT molecular complexity index is 1200. The molecular weight excluding hydrogens is 439 g/mol. The number of nitriles is 1. The number of nitrogens with zero attached hydrogens (tertiary/aromatic N) is 2. The molecule has 3 N–H and O–H groups in total. The highest BCUT2D eigenvalue weighted by Gasteiger charge is 2.12. The van der Waals surface area contributed by atoms with Gasteiger partial charge >= 0.3 is 0 Å². The molecular formula is C18H12Cl2N4O2S2. The van der Waals surface area contributed by atoms with Gasteiger partial charge in [-0.1, -0.05) is 23.2 Å². The van der Waals surface area contributed by atoms with Gasteiger partial charge in [-0.05, 0) is 42.5 Å². The number of nitrogens with two attached hydrogens (primary N) is 1. The zero-order valence-corrected chi connectivity index (χ0v) is 17.2. The first-order valence-electron chi connectivity index (χ1n) is 7.69. The van der Waals surface area contributed by atoms with Crippen molar-refractivity contribution in [1.82, 2.24) is 4.98 Å². The topological polar surface area (TPSA) is 109 Å². The van der Waals surface area contributed by atoms with E-state index in [-0.39, 0.29) is 4.90 Å². The summed E-state index contributed by atoms with van der Waals surface area (Å²) in [5.74, 6) is 0. The van der Waals surface area contributed by atoms with Gasteiger partial charge in [0.15, 0.2) is 0 Å². The number of benzene rings is 2. The fourth-order valence-electron chi connectivity index (χ4n) is 2.26. The molecule has 0 atom stereocenters. The van der Waals surface area contributed by atoms with Crippen LogP contribution in [-0.2, 0) is 10.0 Å². The molecule has 28 heavy (non-hydrogen) atoms. The third-order valence-corrected chi connectivity index (χ3v) is 5.98. The number of hydrogen-bond donors (Lipinski definition) is 2. The van der Waals surface area contributed by atoms with E-state index in [1.54, 1.807) is 35.7 Å². The average Bonchev–Trinajstić information content (AvgIpc) is 3.11. The number of aromatic nitrogens is 1. The lowest BCUT2D eigenvalue weighted by molar-refractivity contribution is 0.598. The van der Waals surface area contributed by atoms with E-state index in [1.807, 2.05) is 0 Å². The van der Waals surface area contributed by atoms with Crippen LogP contribution in [-0.4, -0.2) is 13.4 Å². The minimum atomic E-state index is -3.75. The van der Waals surface area contributed by atoms with Crippen molar-refractivity contribution in [2.45, 2.75) is 4.90 Å². The van der Waals surface area contributed by atoms with Gasteiger partial charge in [0, 0.05) is 27.9 Å². The molecule has 0 unspecified atom stereocenters. The highest BCUT2D eigenvalue weighted by molar-refractivity contribution is 7.89. The number of halogens is 2. The van der Waals surface area contributed by atoms with Crippen LogP contribution in [0, 0.1) is 11.3 Å². The SMILES string of the molecule is N#CC(=CNc1ccc(S(N)(=O)=O)cc1)c1nc(-c2ccc(Cl)cc2Cl)cs1. The van der Waals surface area contributed by atoms with Crippen molar-refractivity contribution in [3.8, 4) is 17.3 Å². The second-order valence-corrected chi connectivity index (χ2v) is 8.81.